The molecule has 1 aliphatic carbocycles. The third kappa shape index (κ3) is 1.79. The van der Waals surface area contributed by atoms with Crippen molar-refractivity contribution in [2.45, 2.75) is 111 Å². The Bertz CT molecular complexity index is 410. The van der Waals surface area contributed by atoms with Gasteiger partial charge in [-0.3, -0.25) is 0 Å². The van der Waals surface area contributed by atoms with Gasteiger partial charge in [0.2, 0.25) is 0 Å². The van der Waals surface area contributed by atoms with Crippen LogP contribution >= 0.6 is 0 Å². The molecule has 2 aliphatic rings. The van der Waals surface area contributed by atoms with Gasteiger partial charge < -0.3 is 0 Å². The first kappa shape index (κ1) is 17.6. The summed E-state index contributed by atoms with van der Waals surface area (Å²) in [6, 6.07) is 0. The third-order valence-corrected chi connectivity index (χ3v) is 18.4. The highest BCUT2D eigenvalue weighted by Crippen LogP contribution is 2.78. The Morgan fingerprint density at radius 3 is 1.62 bits per heavy atom. The van der Waals surface area contributed by atoms with Gasteiger partial charge in [0, 0.05) is 0 Å². The first-order chi connectivity index (χ1) is 9.26. The van der Waals surface area contributed by atoms with Crippen molar-refractivity contribution in [2.24, 2.45) is 16.2 Å². The second kappa shape index (κ2) is 4.62. The zero-order valence-corrected chi connectivity index (χ0v) is 17.5. The standard InChI is InChI=1S/C20H40Si/c1-15-17(2,3)18(4,5)19(6,7)20(8,9)21(15,10)16-13-11-12-14-16/h15-16H,11-14H2,1-10H3. The fourth-order valence-electron chi connectivity index (χ4n) is 6.48. The second-order valence-corrected chi connectivity index (χ2v) is 16.1. The van der Waals surface area contributed by atoms with E-state index in [1.807, 2.05) is 0 Å². The maximum atomic E-state index is 2.78. The highest BCUT2D eigenvalue weighted by Gasteiger charge is 2.71. The second-order valence-electron chi connectivity index (χ2n) is 10.6. The zero-order chi connectivity index (χ0) is 16.5. The fraction of sp³-hybridized carbons (Fsp3) is 1.00. The van der Waals surface area contributed by atoms with Gasteiger partial charge in [0.15, 0.2) is 0 Å². The molecule has 2 atom stereocenters. The number of hydrogen-bond donors (Lipinski definition) is 0. The molecule has 1 aliphatic heterocycles. The van der Waals surface area contributed by atoms with Crippen LogP contribution in [0.4, 0.5) is 0 Å². The van der Waals surface area contributed by atoms with Crippen LogP contribution in [-0.2, 0) is 0 Å². The van der Waals surface area contributed by atoms with Crippen LogP contribution in [0.25, 0.3) is 0 Å². The molecule has 0 spiro atoms. The molecule has 0 N–H and O–H groups in total. The van der Waals surface area contributed by atoms with E-state index in [0.29, 0.717) is 21.3 Å². The van der Waals surface area contributed by atoms with Crippen LogP contribution in [-0.4, -0.2) is 8.07 Å². The molecule has 0 aromatic rings. The third-order valence-electron chi connectivity index (χ3n) is 10.3. The molecule has 1 saturated heterocycles. The summed E-state index contributed by atoms with van der Waals surface area (Å²) in [7, 11) is -1.39. The summed E-state index contributed by atoms with van der Waals surface area (Å²) in [4.78, 5) is 0. The molecule has 124 valence electrons. The Kier molecular flexibility index (Phi) is 3.86. The Hall–Kier alpha value is 0.217. The van der Waals surface area contributed by atoms with E-state index in [0.717, 1.165) is 11.1 Å². The summed E-state index contributed by atoms with van der Waals surface area (Å²) in [6.07, 6.45) is 6.01. The average molecular weight is 309 g/mol. The molecular weight excluding hydrogens is 268 g/mol. The van der Waals surface area contributed by atoms with Gasteiger partial charge in [0.25, 0.3) is 0 Å². The zero-order valence-electron chi connectivity index (χ0n) is 16.5. The van der Waals surface area contributed by atoms with E-state index >= 15 is 0 Å². The van der Waals surface area contributed by atoms with E-state index in [9.17, 15) is 0 Å². The normalized spacial score (nSPS) is 41.1. The van der Waals surface area contributed by atoms with E-state index < -0.39 is 8.07 Å². The molecule has 2 rings (SSSR count). The van der Waals surface area contributed by atoms with Gasteiger partial charge in [-0.15, -0.1) is 0 Å². The molecule has 0 amide bonds. The average Bonchev–Trinajstić information content (AvgIpc) is 2.88. The van der Waals surface area contributed by atoms with Gasteiger partial charge in [0.05, 0.1) is 8.07 Å². The predicted molar refractivity (Wildman–Crippen MR) is 98.6 cm³/mol. The molecule has 0 aromatic carbocycles. The summed E-state index contributed by atoms with van der Waals surface area (Å²) in [6.45, 7) is 26.1. The van der Waals surface area contributed by atoms with Crippen LogP contribution in [0.2, 0.25) is 22.7 Å². The van der Waals surface area contributed by atoms with Crippen LogP contribution < -0.4 is 0 Å². The van der Waals surface area contributed by atoms with E-state index in [4.69, 9.17) is 0 Å². The minimum Gasteiger partial charge on any atom is -0.0683 e. The van der Waals surface area contributed by atoms with Crippen molar-refractivity contribution in [1.29, 1.82) is 0 Å². The lowest BCUT2D eigenvalue weighted by Gasteiger charge is -2.74. The summed E-state index contributed by atoms with van der Waals surface area (Å²) >= 11 is 0. The molecule has 0 radical (unpaired) electrons. The summed E-state index contributed by atoms with van der Waals surface area (Å²) in [5.41, 5.74) is 3.13. The highest BCUT2D eigenvalue weighted by atomic mass is 28.3. The molecule has 2 fully saturated rings. The summed E-state index contributed by atoms with van der Waals surface area (Å²) in [5.74, 6) is 0. The molecular formula is C20H40Si. The van der Waals surface area contributed by atoms with Crippen LogP contribution in [0.3, 0.4) is 0 Å². The molecule has 0 bridgehead atoms. The van der Waals surface area contributed by atoms with Gasteiger partial charge in [-0.05, 0) is 32.4 Å². The maximum Gasteiger partial charge on any atom is 0.0631 e. The van der Waals surface area contributed by atoms with Crippen LogP contribution in [0.1, 0.15) is 88.0 Å². The topological polar surface area (TPSA) is 0 Å². The Labute approximate surface area is 135 Å². The first-order valence-corrected chi connectivity index (χ1v) is 11.9. The molecule has 1 saturated carbocycles. The predicted octanol–water partition coefficient (Wildman–Crippen LogP) is 7.27. The van der Waals surface area contributed by atoms with Crippen molar-refractivity contribution in [3.8, 4) is 0 Å². The van der Waals surface area contributed by atoms with Crippen molar-refractivity contribution < 1.29 is 0 Å². The molecule has 0 nitrogen and oxygen atoms in total. The monoisotopic (exact) mass is 308 g/mol. The van der Waals surface area contributed by atoms with Crippen molar-refractivity contribution in [1.82, 2.24) is 0 Å². The number of hydrogen-bond acceptors (Lipinski definition) is 0. The van der Waals surface area contributed by atoms with Gasteiger partial charge in [0.1, 0.15) is 0 Å². The van der Waals surface area contributed by atoms with E-state index in [-0.39, 0.29) is 0 Å². The first-order valence-electron chi connectivity index (χ1n) is 9.26. The lowest BCUT2D eigenvalue weighted by Crippen LogP contribution is -2.69. The lowest BCUT2D eigenvalue weighted by molar-refractivity contribution is -0.0701. The molecule has 0 aromatic heterocycles. The van der Waals surface area contributed by atoms with Gasteiger partial charge in [-0.1, -0.05) is 94.5 Å². The van der Waals surface area contributed by atoms with E-state index in [2.05, 4.69) is 68.9 Å². The van der Waals surface area contributed by atoms with Gasteiger partial charge in [-0.2, -0.15) is 0 Å². The molecule has 2 unspecified atom stereocenters. The number of rotatable bonds is 1. The van der Waals surface area contributed by atoms with Crippen LogP contribution in [0.5, 0.6) is 0 Å². The van der Waals surface area contributed by atoms with Crippen molar-refractivity contribution in [3.63, 3.8) is 0 Å². The summed E-state index contributed by atoms with van der Waals surface area (Å²) < 4.78 is 0. The van der Waals surface area contributed by atoms with E-state index in [1.54, 1.807) is 0 Å². The Balaban J connectivity index is 2.66. The maximum absolute atomic E-state index is 2.78. The van der Waals surface area contributed by atoms with Gasteiger partial charge in [-0.25, -0.2) is 0 Å². The highest BCUT2D eigenvalue weighted by molar-refractivity contribution is 6.84. The fourth-order valence-corrected chi connectivity index (χ4v) is 14.4. The van der Waals surface area contributed by atoms with Gasteiger partial charge >= 0.3 is 0 Å². The Morgan fingerprint density at radius 1 is 0.762 bits per heavy atom. The van der Waals surface area contributed by atoms with Crippen molar-refractivity contribution in [3.05, 3.63) is 0 Å². The quantitative estimate of drug-likeness (QED) is 0.447. The summed E-state index contributed by atoms with van der Waals surface area (Å²) in [5, 5.41) is 0.493. The Morgan fingerprint density at radius 2 is 1.19 bits per heavy atom. The minimum atomic E-state index is -1.39. The molecule has 1 heteroatoms. The smallest absolute Gasteiger partial charge is 0.0631 e. The molecule has 21 heavy (non-hydrogen) atoms. The van der Waals surface area contributed by atoms with Crippen LogP contribution in [0, 0.1) is 16.2 Å². The van der Waals surface area contributed by atoms with Crippen molar-refractivity contribution in [2.75, 3.05) is 0 Å². The van der Waals surface area contributed by atoms with E-state index in [1.165, 1.54) is 25.7 Å². The minimum absolute atomic E-state index is 0.369. The SMILES string of the molecule is CC1C(C)(C)C(C)(C)C(C)(C)C(C)(C)[Si]1(C)C1CCCC1. The van der Waals surface area contributed by atoms with Crippen molar-refractivity contribution >= 4 is 8.07 Å². The van der Waals surface area contributed by atoms with Crippen LogP contribution in [0.15, 0.2) is 0 Å². The largest absolute Gasteiger partial charge is 0.0683 e. The molecule has 1 heterocycles. The lowest BCUT2D eigenvalue weighted by atomic mass is 9.50.